The van der Waals surface area contributed by atoms with Gasteiger partial charge in [0.15, 0.2) is 5.96 Å². The van der Waals surface area contributed by atoms with E-state index in [1.807, 2.05) is 0 Å². The van der Waals surface area contributed by atoms with Gasteiger partial charge in [0.25, 0.3) is 0 Å². The highest BCUT2D eigenvalue weighted by atomic mass is 19.4. The zero-order valence-electron chi connectivity index (χ0n) is 15.2. The summed E-state index contributed by atoms with van der Waals surface area (Å²) in [4.78, 5) is 16.9. The maximum Gasteiger partial charge on any atom is 0.407 e. The zero-order chi connectivity index (χ0) is 19.1. The third-order valence-corrected chi connectivity index (χ3v) is 3.33. The lowest BCUT2D eigenvalue weighted by molar-refractivity contribution is -0.143. The molecule has 1 aliphatic heterocycles. The normalized spacial score (nSPS) is 19.6. The van der Waals surface area contributed by atoms with Crippen molar-refractivity contribution in [3.63, 3.8) is 0 Å². The van der Waals surface area contributed by atoms with Crippen molar-refractivity contribution in [2.45, 2.75) is 45.0 Å². The van der Waals surface area contributed by atoms with E-state index in [1.54, 1.807) is 27.8 Å². The van der Waals surface area contributed by atoms with Gasteiger partial charge in [-0.3, -0.25) is 9.89 Å². The summed E-state index contributed by atoms with van der Waals surface area (Å²) in [5.41, 5.74) is -0.556. The Bertz CT molecular complexity index is 463. The van der Waals surface area contributed by atoms with Crippen LogP contribution in [0, 0.1) is 0 Å². The van der Waals surface area contributed by atoms with Crippen LogP contribution in [0.1, 0.15) is 27.2 Å². The van der Waals surface area contributed by atoms with Crippen LogP contribution in [0.15, 0.2) is 4.99 Å². The van der Waals surface area contributed by atoms with Crippen LogP contribution in [0.25, 0.3) is 0 Å². The van der Waals surface area contributed by atoms with E-state index in [0.717, 1.165) is 0 Å². The van der Waals surface area contributed by atoms with E-state index in [9.17, 15) is 18.0 Å². The van der Waals surface area contributed by atoms with E-state index in [-0.39, 0.29) is 6.04 Å². The summed E-state index contributed by atoms with van der Waals surface area (Å²) in [5, 5.41) is 8.70. The predicted molar refractivity (Wildman–Crippen MR) is 89.6 cm³/mol. The predicted octanol–water partition coefficient (Wildman–Crippen LogP) is 1.31. The Hall–Kier alpha value is -1.71. The quantitative estimate of drug-likeness (QED) is 0.388. The van der Waals surface area contributed by atoms with E-state index >= 15 is 0 Å². The average molecular weight is 367 g/mol. The number of hydrogen-bond acceptors (Lipinski definition) is 4. The zero-order valence-corrected chi connectivity index (χ0v) is 15.2. The number of carbonyl (C=O) groups excluding carboxylic acids is 1. The molecule has 25 heavy (non-hydrogen) atoms. The van der Waals surface area contributed by atoms with Crippen LogP contribution >= 0.6 is 0 Å². The topological polar surface area (TPSA) is 78.0 Å². The largest absolute Gasteiger partial charge is 0.444 e. The minimum absolute atomic E-state index is 0.0904. The summed E-state index contributed by atoms with van der Waals surface area (Å²) >= 11 is 0. The molecule has 1 fully saturated rings. The summed E-state index contributed by atoms with van der Waals surface area (Å²) in [7, 11) is 1.58. The second kappa shape index (κ2) is 9.12. The van der Waals surface area contributed by atoms with Gasteiger partial charge in [0.2, 0.25) is 0 Å². The molecular weight excluding hydrogens is 339 g/mol. The molecule has 0 aromatic heterocycles. The number of aliphatic imine (C=N–C) groups is 1. The first-order valence-corrected chi connectivity index (χ1v) is 8.21. The van der Waals surface area contributed by atoms with Gasteiger partial charge in [0.05, 0.1) is 6.54 Å². The first kappa shape index (κ1) is 21.3. The summed E-state index contributed by atoms with van der Waals surface area (Å²) in [6.45, 7) is 5.90. The molecule has 0 aromatic rings. The van der Waals surface area contributed by atoms with E-state index < -0.39 is 24.4 Å². The molecular formula is C15H28F3N5O2. The van der Waals surface area contributed by atoms with Crippen molar-refractivity contribution in [1.29, 1.82) is 0 Å². The molecule has 7 nitrogen and oxygen atoms in total. The fourth-order valence-electron chi connectivity index (χ4n) is 2.40. The molecule has 0 aliphatic carbocycles. The van der Waals surface area contributed by atoms with Crippen LogP contribution in [-0.2, 0) is 4.74 Å². The minimum atomic E-state index is -4.18. The van der Waals surface area contributed by atoms with Gasteiger partial charge in [-0.15, -0.1) is 0 Å². The number of alkyl halides is 3. The molecule has 1 atom stereocenters. The van der Waals surface area contributed by atoms with Crippen LogP contribution in [0.4, 0.5) is 18.0 Å². The maximum absolute atomic E-state index is 12.4. The molecule has 1 heterocycles. The van der Waals surface area contributed by atoms with Crippen LogP contribution < -0.4 is 16.0 Å². The molecule has 1 saturated heterocycles. The molecule has 0 radical (unpaired) electrons. The Labute approximate surface area is 146 Å². The fraction of sp³-hybridized carbons (Fsp3) is 0.867. The number of hydrogen-bond donors (Lipinski definition) is 3. The lowest BCUT2D eigenvalue weighted by atomic mass is 10.2. The molecule has 146 valence electrons. The standard InChI is InChI=1S/C15H28F3N5O2/c1-14(2,3)25-13(24)21-7-6-20-12(19-4)22-11-5-8-23(9-11)10-15(16,17)18/h11H,5-10H2,1-4H3,(H,21,24)(H2,19,20,22). The molecule has 0 bridgehead atoms. The Morgan fingerprint density at radius 3 is 2.44 bits per heavy atom. The van der Waals surface area contributed by atoms with Crippen molar-refractivity contribution in [2.75, 3.05) is 39.8 Å². The number of ether oxygens (including phenoxy) is 1. The number of halogens is 3. The van der Waals surface area contributed by atoms with Gasteiger partial charge in [-0.05, 0) is 27.2 Å². The second-order valence-corrected chi connectivity index (χ2v) is 6.91. The van der Waals surface area contributed by atoms with Crippen LogP contribution in [0.2, 0.25) is 0 Å². The molecule has 1 amide bonds. The third kappa shape index (κ3) is 10.0. The van der Waals surface area contributed by atoms with Gasteiger partial charge in [-0.1, -0.05) is 0 Å². The summed E-state index contributed by atoms with van der Waals surface area (Å²) < 4.78 is 42.3. The van der Waals surface area contributed by atoms with Crippen LogP contribution in [0.5, 0.6) is 0 Å². The highest BCUT2D eigenvalue weighted by molar-refractivity contribution is 5.80. The van der Waals surface area contributed by atoms with E-state index in [2.05, 4.69) is 20.9 Å². The van der Waals surface area contributed by atoms with Crippen molar-refractivity contribution < 1.29 is 22.7 Å². The number of carbonyl (C=O) groups is 1. The second-order valence-electron chi connectivity index (χ2n) is 6.91. The highest BCUT2D eigenvalue weighted by Gasteiger charge is 2.34. The molecule has 0 spiro atoms. The molecule has 1 aliphatic rings. The first-order chi connectivity index (χ1) is 11.5. The molecule has 0 aromatic carbocycles. The number of nitrogens with zero attached hydrogens (tertiary/aromatic N) is 2. The summed E-state index contributed by atoms with van der Waals surface area (Å²) in [5.74, 6) is 0.491. The van der Waals surface area contributed by atoms with Crippen molar-refractivity contribution in [3.8, 4) is 0 Å². The maximum atomic E-state index is 12.4. The minimum Gasteiger partial charge on any atom is -0.444 e. The van der Waals surface area contributed by atoms with Crippen molar-refractivity contribution in [3.05, 3.63) is 0 Å². The van der Waals surface area contributed by atoms with Crippen molar-refractivity contribution in [2.24, 2.45) is 4.99 Å². The average Bonchev–Trinajstić information content (AvgIpc) is 2.85. The molecule has 0 saturated carbocycles. The number of alkyl carbamates (subject to hydrolysis) is 1. The monoisotopic (exact) mass is 367 g/mol. The first-order valence-electron chi connectivity index (χ1n) is 8.21. The Morgan fingerprint density at radius 1 is 1.24 bits per heavy atom. The molecule has 1 unspecified atom stereocenters. The molecule has 1 rings (SSSR count). The number of rotatable bonds is 5. The Morgan fingerprint density at radius 2 is 1.88 bits per heavy atom. The number of guanidine groups is 1. The van der Waals surface area contributed by atoms with Crippen LogP contribution in [-0.4, -0.2) is 74.5 Å². The van der Waals surface area contributed by atoms with Crippen LogP contribution in [0.3, 0.4) is 0 Å². The lowest BCUT2D eigenvalue weighted by Gasteiger charge is -2.21. The van der Waals surface area contributed by atoms with Gasteiger partial charge < -0.3 is 20.7 Å². The number of likely N-dealkylation sites (tertiary alicyclic amines) is 1. The van der Waals surface area contributed by atoms with Crippen molar-refractivity contribution in [1.82, 2.24) is 20.9 Å². The SMILES string of the molecule is CN=C(NCCNC(=O)OC(C)(C)C)NC1CCN(CC(F)(F)F)C1. The van der Waals surface area contributed by atoms with E-state index in [0.29, 0.717) is 38.6 Å². The highest BCUT2D eigenvalue weighted by Crippen LogP contribution is 2.19. The van der Waals surface area contributed by atoms with E-state index in [1.165, 1.54) is 4.90 Å². The van der Waals surface area contributed by atoms with Gasteiger partial charge in [0, 0.05) is 39.3 Å². The van der Waals surface area contributed by atoms with E-state index in [4.69, 9.17) is 4.74 Å². The molecule has 3 N–H and O–H groups in total. The van der Waals surface area contributed by atoms with Gasteiger partial charge in [-0.25, -0.2) is 4.79 Å². The van der Waals surface area contributed by atoms with Crippen molar-refractivity contribution >= 4 is 12.1 Å². The van der Waals surface area contributed by atoms with Gasteiger partial charge in [0.1, 0.15) is 5.60 Å². The lowest BCUT2D eigenvalue weighted by Crippen LogP contribution is -2.47. The number of nitrogens with one attached hydrogen (secondary N) is 3. The summed E-state index contributed by atoms with van der Waals surface area (Å²) in [6, 6.07) is -0.0904. The smallest absolute Gasteiger partial charge is 0.407 e. The van der Waals surface area contributed by atoms with Gasteiger partial charge in [-0.2, -0.15) is 13.2 Å². The Balaban J connectivity index is 2.24. The number of amides is 1. The third-order valence-electron chi connectivity index (χ3n) is 3.33. The van der Waals surface area contributed by atoms with Gasteiger partial charge >= 0.3 is 12.3 Å². The Kier molecular flexibility index (Phi) is 7.78. The summed E-state index contributed by atoms with van der Waals surface area (Å²) in [6.07, 6.45) is -4.06. The molecule has 10 heteroatoms. The fourth-order valence-corrected chi connectivity index (χ4v) is 2.40.